The molecule has 0 aromatic carbocycles. The molecule has 160 valence electrons. The zero-order valence-corrected chi connectivity index (χ0v) is 19.1. The van der Waals surface area contributed by atoms with E-state index in [4.69, 9.17) is 4.74 Å². The second-order valence-corrected chi connectivity index (χ2v) is 9.82. The highest BCUT2D eigenvalue weighted by Crippen LogP contribution is 2.37. The average Bonchev–Trinajstić information content (AvgIpc) is 3.29. The van der Waals surface area contributed by atoms with Gasteiger partial charge in [-0.1, -0.05) is 26.8 Å². The maximum Gasteiger partial charge on any atom is 0.266 e. The van der Waals surface area contributed by atoms with Gasteiger partial charge in [0, 0.05) is 6.20 Å². The fourth-order valence-electron chi connectivity index (χ4n) is 4.22. The number of hydrogen-bond donors (Lipinski definition) is 0. The minimum absolute atomic E-state index is 0.0373. The molecule has 0 radical (unpaired) electrons. The van der Waals surface area contributed by atoms with Crippen LogP contribution in [0.4, 0.5) is 0 Å². The van der Waals surface area contributed by atoms with Crippen LogP contribution in [0.1, 0.15) is 62.2 Å². The Morgan fingerprint density at radius 3 is 2.90 bits per heavy atom. The van der Waals surface area contributed by atoms with Crippen LogP contribution in [-0.2, 0) is 4.74 Å². The van der Waals surface area contributed by atoms with Gasteiger partial charge in [0.2, 0.25) is 0 Å². The van der Waals surface area contributed by atoms with Crippen molar-refractivity contribution in [2.75, 3.05) is 6.61 Å². The van der Waals surface area contributed by atoms with E-state index in [0.717, 1.165) is 24.8 Å². The summed E-state index contributed by atoms with van der Waals surface area (Å²) in [5, 5.41) is 0.489. The molecule has 4 heterocycles. The summed E-state index contributed by atoms with van der Waals surface area (Å²) in [7, 11) is 0. The maximum atomic E-state index is 13.6. The number of aryl methyl sites for hydroxylation is 1. The van der Waals surface area contributed by atoms with Gasteiger partial charge in [0.1, 0.15) is 16.2 Å². The van der Waals surface area contributed by atoms with Gasteiger partial charge in [0.25, 0.3) is 11.5 Å². The molecule has 6 nitrogen and oxygen atoms in total. The van der Waals surface area contributed by atoms with Crippen LogP contribution in [0.3, 0.4) is 0 Å². The fourth-order valence-corrected chi connectivity index (χ4v) is 5.18. The number of ether oxygens (including phenoxy) is 1. The van der Waals surface area contributed by atoms with Crippen LogP contribution in [0.25, 0.3) is 15.9 Å². The van der Waals surface area contributed by atoms with Crippen LogP contribution >= 0.6 is 11.3 Å². The van der Waals surface area contributed by atoms with Crippen molar-refractivity contribution in [3.8, 4) is 0 Å². The number of carbonyl (C=O) groups is 1. The smallest absolute Gasteiger partial charge is 0.266 e. The van der Waals surface area contributed by atoms with Crippen molar-refractivity contribution in [3.05, 3.63) is 45.2 Å². The molecule has 1 unspecified atom stereocenters. The van der Waals surface area contributed by atoms with E-state index < -0.39 is 5.72 Å². The average molecular weight is 428 g/mol. The molecule has 0 saturated carbocycles. The van der Waals surface area contributed by atoms with E-state index in [1.807, 2.05) is 30.9 Å². The monoisotopic (exact) mass is 427 g/mol. The van der Waals surface area contributed by atoms with Gasteiger partial charge in [0.05, 0.1) is 22.9 Å². The minimum Gasteiger partial charge on any atom is -0.354 e. The Hall–Kier alpha value is -2.25. The van der Waals surface area contributed by atoms with Crippen LogP contribution in [0.15, 0.2) is 29.2 Å². The molecule has 1 aliphatic heterocycles. The molecular weight excluding hydrogens is 398 g/mol. The zero-order valence-electron chi connectivity index (χ0n) is 18.3. The molecule has 2 atom stereocenters. The highest BCUT2D eigenvalue weighted by Gasteiger charge is 2.46. The first-order valence-electron chi connectivity index (χ1n) is 10.6. The van der Waals surface area contributed by atoms with E-state index in [-0.39, 0.29) is 17.5 Å². The number of carbonyl (C=O) groups excluding carboxylic acids is 1. The Bertz CT molecular complexity index is 1170. The molecule has 0 aliphatic carbocycles. The van der Waals surface area contributed by atoms with Gasteiger partial charge in [-0.15, -0.1) is 11.3 Å². The number of thiophene rings is 1. The van der Waals surface area contributed by atoms with Crippen LogP contribution in [0.5, 0.6) is 0 Å². The van der Waals surface area contributed by atoms with E-state index in [9.17, 15) is 9.59 Å². The third kappa shape index (κ3) is 3.44. The Balaban J connectivity index is 1.77. The molecule has 1 fully saturated rings. The van der Waals surface area contributed by atoms with E-state index in [1.165, 1.54) is 11.3 Å². The predicted molar refractivity (Wildman–Crippen MR) is 120 cm³/mol. The van der Waals surface area contributed by atoms with Gasteiger partial charge in [0.15, 0.2) is 0 Å². The Morgan fingerprint density at radius 1 is 1.43 bits per heavy atom. The SMILES string of the molecule is CCC1CO[C@](C)(CCC(C)C)N1C(=O)c1cc2c(=O)n3cccc(C)c3nc2s1. The first-order chi connectivity index (χ1) is 14.2. The number of rotatable bonds is 5. The van der Waals surface area contributed by atoms with Gasteiger partial charge < -0.3 is 9.64 Å². The molecule has 3 aromatic rings. The lowest BCUT2D eigenvalue weighted by Gasteiger charge is -2.36. The third-order valence-corrected chi connectivity index (χ3v) is 7.10. The van der Waals surface area contributed by atoms with Crippen molar-refractivity contribution in [2.24, 2.45) is 5.92 Å². The largest absolute Gasteiger partial charge is 0.354 e. The number of aromatic nitrogens is 2. The van der Waals surface area contributed by atoms with Crippen molar-refractivity contribution in [1.82, 2.24) is 14.3 Å². The first kappa shape index (κ1) is 21.0. The van der Waals surface area contributed by atoms with Crippen LogP contribution in [0.2, 0.25) is 0 Å². The summed E-state index contributed by atoms with van der Waals surface area (Å²) in [6, 6.07) is 5.51. The van der Waals surface area contributed by atoms with Gasteiger partial charge in [-0.05, 0) is 56.7 Å². The second-order valence-electron chi connectivity index (χ2n) is 8.79. The van der Waals surface area contributed by atoms with Crippen molar-refractivity contribution in [2.45, 2.75) is 65.6 Å². The molecule has 0 spiro atoms. The topological polar surface area (TPSA) is 63.9 Å². The van der Waals surface area contributed by atoms with Crippen molar-refractivity contribution >= 4 is 33.1 Å². The summed E-state index contributed by atoms with van der Waals surface area (Å²) in [5.74, 6) is 0.464. The molecule has 30 heavy (non-hydrogen) atoms. The highest BCUT2D eigenvalue weighted by molar-refractivity contribution is 7.20. The highest BCUT2D eigenvalue weighted by atomic mass is 32.1. The lowest BCUT2D eigenvalue weighted by Crippen LogP contribution is -2.49. The lowest BCUT2D eigenvalue weighted by molar-refractivity contribution is -0.0639. The van der Waals surface area contributed by atoms with Crippen LogP contribution in [0, 0.1) is 12.8 Å². The van der Waals surface area contributed by atoms with Crippen LogP contribution in [-0.4, -0.2) is 38.6 Å². The Morgan fingerprint density at radius 2 is 2.20 bits per heavy atom. The standard InChI is InChI=1S/C23H29N3O3S/c1-6-16-13-29-23(5,10-9-14(2)3)26(16)22(28)18-12-17-20(30-18)24-19-15(4)8-7-11-25(19)21(17)27/h7-8,11-12,14,16H,6,9-10,13H2,1-5H3/t16?,23-/m1/s1. The quantitative estimate of drug-likeness (QED) is 0.596. The number of amides is 1. The molecule has 1 amide bonds. The minimum atomic E-state index is -0.623. The Labute approximate surface area is 180 Å². The van der Waals surface area contributed by atoms with Gasteiger partial charge in [-0.2, -0.15) is 0 Å². The molecule has 0 N–H and O–H groups in total. The molecule has 1 aliphatic rings. The number of nitrogens with zero attached hydrogens (tertiary/aromatic N) is 3. The second kappa shape index (κ2) is 7.78. The number of fused-ring (bicyclic) bond motifs is 2. The number of hydrogen-bond acceptors (Lipinski definition) is 5. The molecule has 3 aromatic heterocycles. The summed E-state index contributed by atoms with van der Waals surface area (Å²) in [6.45, 7) is 10.9. The van der Waals surface area contributed by atoms with E-state index in [0.29, 0.717) is 33.3 Å². The predicted octanol–water partition coefficient (Wildman–Crippen LogP) is 4.62. The molecular formula is C23H29N3O3S. The molecule has 1 saturated heterocycles. The normalized spacial score (nSPS) is 21.9. The van der Waals surface area contributed by atoms with Gasteiger partial charge >= 0.3 is 0 Å². The fraction of sp³-hybridized carbons (Fsp3) is 0.522. The van der Waals surface area contributed by atoms with Gasteiger partial charge in [-0.3, -0.25) is 14.0 Å². The lowest BCUT2D eigenvalue weighted by atomic mass is 9.99. The number of pyridine rings is 1. The van der Waals surface area contributed by atoms with E-state index in [2.05, 4.69) is 25.8 Å². The third-order valence-electron chi connectivity index (χ3n) is 6.08. The van der Waals surface area contributed by atoms with Crippen molar-refractivity contribution < 1.29 is 9.53 Å². The van der Waals surface area contributed by atoms with E-state index >= 15 is 0 Å². The summed E-state index contributed by atoms with van der Waals surface area (Å²) in [5.41, 5.74) is 0.801. The molecule has 0 bridgehead atoms. The van der Waals surface area contributed by atoms with Crippen LogP contribution < -0.4 is 5.56 Å². The summed E-state index contributed by atoms with van der Waals surface area (Å²) in [4.78, 5) is 34.4. The Kier molecular flexibility index (Phi) is 5.45. The zero-order chi connectivity index (χ0) is 21.6. The maximum absolute atomic E-state index is 13.6. The van der Waals surface area contributed by atoms with E-state index in [1.54, 1.807) is 16.7 Å². The van der Waals surface area contributed by atoms with Crippen molar-refractivity contribution in [3.63, 3.8) is 0 Å². The summed E-state index contributed by atoms with van der Waals surface area (Å²) < 4.78 is 7.71. The first-order valence-corrected chi connectivity index (χ1v) is 11.5. The van der Waals surface area contributed by atoms with Gasteiger partial charge in [-0.25, -0.2) is 4.98 Å². The summed E-state index contributed by atoms with van der Waals surface area (Å²) in [6.07, 6.45) is 4.33. The summed E-state index contributed by atoms with van der Waals surface area (Å²) >= 11 is 1.30. The van der Waals surface area contributed by atoms with Crippen molar-refractivity contribution in [1.29, 1.82) is 0 Å². The molecule has 7 heteroatoms. The molecule has 4 rings (SSSR count).